The van der Waals surface area contributed by atoms with Crippen molar-refractivity contribution < 1.29 is 9.53 Å². The number of nitrogens with one attached hydrogen (secondary N) is 2. The van der Waals surface area contributed by atoms with Crippen LogP contribution in [-0.4, -0.2) is 49.8 Å². The van der Waals surface area contributed by atoms with Crippen molar-refractivity contribution in [3.05, 3.63) is 34.9 Å². The first-order valence-corrected chi connectivity index (χ1v) is 8.59. The third-order valence-corrected chi connectivity index (χ3v) is 4.44. The summed E-state index contributed by atoms with van der Waals surface area (Å²) in [4.78, 5) is 14.3. The summed E-state index contributed by atoms with van der Waals surface area (Å²) >= 11 is 5.99. The van der Waals surface area contributed by atoms with Crippen LogP contribution in [0.4, 0.5) is 4.79 Å². The van der Waals surface area contributed by atoms with E-state index in [-0.39, 0.29) is 18.1 Å². The Balaban J connectivity index is 2.01. The van der Waals surface area contributed by atoms with Crippen molar-refractivity contribution >= 4 is 17.6 Å². The summed E-state index contributed by atoms with van der Waals surface area (Å²) in [5.41, 5.74) is 1.15. The van der Waals surface area contributed by atoms with Gasteiger partial charge in [0.15, 0.2) is 0 Å². The van der Waals surface area contributed by atoms with Gasteiger partial charge in [0.2, 0.25) is 0 Å². The summed E-state index contributed by atoms with van der Waals surface area (Å²) in [5, 5.41) is 6.65. The van der Waals surface area contributed by atoms with E-state index in [0.717, 1.165) is 43.3 Å². The van der Waals surface area contributed by atoms with Crippen LogP contribution in [0.1, 0.15) is 31.9 Å². The molecule has 1 aromatic carbocycles. The Bertz CT molecular complexity index is 489. The molecule has 2 N–H and O–H groups in total. The number of carbonyl (C=O) groups is 1. The average Bonchev–Trinajstić information content (AvgIpc) is 2.57. The molecule has 0 bridgehead atoms. The summed E-state index contributed by atoms with van der Waals surface area (Å²) in [5.74, 6) is 0. The second-order valence-electron chi connectivity index (χ2n) is 5.88. The van der Waals surface area contributed by atoms with E-state index in [2.05, 4.69) is 22.5 Å². The first-order chi connectivity index (χ1) is 11.1. The minimum absolute atomic E-state index is 0.119. The van der Waals surface area contributed by atoms with E-state index < -0.39 is 0 Å². The van der Waals surface area contributed by atoms with Crippen LogP contribution in [0.15, 0.2) is 24.3 Å². The maximum atomic E-state index is 12.0. The molecule has 2 atom stereocenters. The molecular weight excluding hydrogens is 314 g/mol. The summed E-state index contributed by atoms with van der Waals surface area (Å²) in [6.45, 7) is 7.79. The van der Waals surface area contributed by atoms with Crippen molar-refractivity contribution in [1.82, 2.24) is 15.5 Å². The van der Waals surface area contributed by atoms with Gasteiger partial charge < -0.3 is 15.4 Å². The summed E-state index contributed by atoms with van der Waals surface area (Å²) in [6.07, 6.45) is 0.914. The monoisotopic (exact) mass is 339 g/mol. The number of amides is 2. The zero-order chi connectivity index (χ0) is 16.7. The van der Waals surface area contributed by atoms with Crippen molar-refractivity contribution in [3.63, 3.8) is 0 Å². The lowest BCUT2D eigenvalue weighted by molar-refractivity contribution is 0.0167. The molecule has 6 heteroatoms. The molecule has 1 aliphatic rings. The van der Waals surface area contributed by atoms with Crippen LogP contribution < -0.4 is 10.6 Å². The van der Waals surface area contributed by atoms with Gasteiger partial charge in [-0.3, -0.25) is 4.90 Å². The molecular formula is C17H26ClN3O2. The fraction of sp³-hybridized carbons (Fsp3) is 0.588. The third-order valence-electron chi connectivity index (χ3n) is 4.19. The highest BCUT2D eigenvalue weighted by atomic mass is 35.5. The number of carbonyl (C=O) groups excluding carboxylic acids is 1. The standard InChI is InChI=1S/C17H26ClN3O2/c1-3-13(2)20-17(22)19-12-16(21-8-10-23-11-9-21)14-4-6-15(18)7-5-14/h4-7,13,16H,3,8-12H2,1-2H3,(H2,19,20,22). The number of nitrogens with zero attached hydrogens (tertiary/aromatic N) is 1. The highest BCUT2D eigenvalue weighted by Gasteiger charge is 2.23. The number of morpholine rings is 1. The predicted molar refractivity (Wildman–Crippen MR) is 92.9 cm³/mol. The Morgan fingerprint density at radius 1 is 1.30 bits per heavy atom. The molecule has 23 heavy (non-hydrogen) atoms. The number of hydrogen-bond donors (Lipinski definition) is 2. The Kier molecular flexibility index (Phi) is 7.15. The van der Waals surface area contributed by atoms with Crippen LogP contribution in [0.2, 0.25) is 5.02 Å². The summed E-state index contributed by atoms with van der Waals surface area (Å²) < 4.78 is 5.44. The molecule has 0 saturated carbocycles. The second kappa shape index (κ2) is 9.11. The lowest BCUT2D eigenvalue weighted by Crippen LogP contribution is -2.47. The van der Waals surface area contributed by atoms with Crippen LogP contribution in [0.3, 0.4) is 0 Å². The topological polar surface area (TPSA) is 53.6 Å². The Hall–Kier alpha value is -1.30. The molecule has 2 rings (SSSR count). The van der Waals surface area contributed by atoms with Crippen molar-refractivity contribution in [3.8, 4) is 0 Å². The highest BCUT2D eigenvalue weighted by Crippen LogP contribution is 2.23. The Labute approximate surface area is 143 Å². The van der Waals surface area contributed by atoms with Gasteiger partial charge in [0.05, 0.1) is 19.3 Å². The molecule has 0 aliphatic carbocycles. The molecule has 1 fully saturated rings. The number of benzene rings is 1. The largest absolute Gasteiger partial charge is 0.379 e. The smallest absolute Gasteiger partial charge is 0.315 e. The average molecular weight is 340 g/mol. The molecule has 2 unspecified atom stereocenters. The molecule has 1 aromatic rings. The molecule has 0 spiro atoms. The van der Waals surface area contributed by atoms with Crippen LogP contribution in [0.25, 0.3) is 0 Å². The van der Waals surface area contributed by atoms with Gasteiger partial charge in [-0.15, -0.1) is 0 Å². The maximum absolute atomic E-state index is 12.0. The van der Waals surface area contributed by atoms with E-state index >= 15 is 0 Å². The van der Waals surface area contributed by atoms with Crippen molar-refractivity contribution in [2.24, 2.45) is 0 Å². The minimum Gasteiger partial charge on any atom is -0.379 e. The Morgan fingerprint density at radius 3 is 2.57 bits per heavy atom. The van der Waals surface area contributed by atoms with Crippen LogP contribution in [0.5, 0.6) is 0 Å². The SMILES string of the molecule is CCC(C)NC(=O)NCC(c1ccc(Cl)cc1)N1CCOCC1. The van der Waals surface area contributed by atoms with Crippen LogP contribution >= 0.6 is 11.6 Å². The lowest BCUT2D eigenvalue weighted by Gasteiger charge is -2.35. The zero-order valence-corrected chi connectivity index (χ0v) is 14.6. The quantitative estimate of drug-likeness (QED) is 0.838. The molecule has 128 valence electrons. The molecule has 0 radical (unpaired) electrons. The van der Waals surface area contributed by atoms with E-state index in [4.69, 9.17) is 16.3 Å². The molecule has 1 saturated heterocycles. The van der Waals surface area contributed by atoms with Gasteiger partial charge in [-0.1, -0.05) is 30.7 Å². The van der Waals surface area contributed by atoms with Gasteiger partial charge in [-0.2, -0.15) is 0 Å². The van der Waals surface area contributed by atoms with Crippen LogP contribution in [0, 0.1) is 0 Å². The number of ether oxygens (including phenoxy) is 1. The lowest BCUT2D eigenvalue weighted by atomic mass is 10.0. The van der Waals surface area contributed by atoms with E-state index in [1.807, 2.05) is 31.2 Å². The molecule has 0 aromatic heterocycles. The van der Waals surface area contributed by atoms with E-state index in [9.17, 15) is 4.79 Å². The van der Waals surface area contributed by atoms with Gasteiger partial charge in [0, 0.05) is 30.7 Å². The Morgan fingerprint density at radius 2 is 1.96 bits per heavy atom. The normalized spacial score (nSPS) is 18.2. The van der Waals surface area contributed by atoms with Gasteiger partial charge >= 0.3 is 6.03 Å². The van der Waals surface area contributed by atoms with Crippen molar-refractivity contribution in [2.45, 2.75) is 32.4 Å². The first-order valence-electron chi connectivity index (χ1n) is 8.21. The molecule has 2 amide bonds. The fourth-order valence-corrected chi connectivity index (χ4v) is 2.72. The second-order valence-corrected chi connectivity index (χ2v) is 6.32. The number of hydrogen-bond acceptors (Lipinski definition) is 3. The third kappa shape index (κ3) is 5.68. The van der Waals surface area contributed by atoms with E-state index in [1.165, 1.54) is 0 Å². The molecule has 5 nitrogen and oxygen atoms in total. The van der Waals surface area contributed by atoms with E-state index in [0.29, 0.717) is 6.54 Å². The molecule has 1 heterocycles. The predicted octanol–water partition coefficient (Wildman–Crippen LogP) is 2.81. The fourth-order valence-electron chi connectivity index (χ4n) is 2.60. The number of urea groups is 1. The number of rotatable bonds is 6. The summed E-state index contributed by atoms with van der Waals surface area (Å²) in [7, 11) is 0. The van der Waals surface area contributed by atoms with Crippen molar-refractivity contribution in [1.29, 1.82) is 0 Å². The van der Waals surface area contributed by atoms with Gasteiger partial charge in [0.1, 0.15) is 0 Å². The van der Waals surface area contributed by atoms with Crippen LogP contribution in [-0.2, 0) is 4.74 Å². The van der Waals surface area contributed by atoms with Crippen molar-refractivity contribution in [2.75, 3.05) is 32.8 Å². The van der Waals surface area contributed by atoms with E-state index in [1.54, 1.807) is 0 Å². The maximum Gasteiger partial charge on any atom is 0.315 e. The number of halogens is 1. The summed E-state index contributed by atoms with van der Waals surface area (Å²) in [6, 6.07) is 8.01. The highest BCUT2D eigenvalue weighted by molar-refractivity contribution is 6.30. The van der Waals surface area contributed by atoms with Gasteiger partial charge in [-0.05, 0) is 31.0 Å². The first kappa shape index (κ1) is 18.0. The van der Waals surface area contributed by atoms with Gasteiger partial charge in [-0.25, -0.2) is 4.79 Å². The van der Waals surface area contributed by atoms with Gasteiger partial charge in [0.25, 0.3) is 0 Å². The minimum atomic E-state index is -0.119. The molecule has 1 aliphatic heterocycles. The zero-order valence-electron chi connectivity index (χ0n) is 13.8.